The molecule has 0 atom stereocenters. The second kappa shape index (κ2) is 12.4. The average molecular weight is 448 g/mol. The highest BCUT2D eigenvalue weighted by molar-refractivity contribution is 6.30. The molecule has 2 aromatic carbocycles. The number of carbonyl (C=O) groups excluding carboxylic acids is 3. The standard InChI is InChI=1S/C22H26ClN3O5/c1-3-30-19-8-5-4-7-17(19)22(29)24-14-21(28)26-25-20(27)9-6-12-31-18-11-10-16(23)13-15(18)2/h4-5,7-8,10-11,13H,3,6,9,12,14H2,1-2H3,(H,24,29)(H,25,27)(H,26,28). The van der Waals surface area contributed by atoms with Crippen molar-refractivity contribution in [2.75, 3.05) is 19.8 Å². The molecule has 3 amide bonds. The summed E-state index contributed by atoms with van der Waals surface area (Å²) in [4.78, 5) is 35.9. The Morgan fingerprint density at radius 1 is 0.968 bits per heavy atom. The summed E-state index contributed by atoms with van der Waals surface area (Å²) in [5, 5.41) is 3.12. The van der Waals surface area contributed by atoms with Gasteiger partial charge in [0.1, 0.15) is 11.5 Å². The van der Waals surface area contributed by atoms with E-state index in [0.29, 0.717) is 41.7 Å². The fraction of sp³-hybridized carbons (Fsp3) is 0.318. The van der Waals surface area contributed by atoms with Gasteiger partial charge in [-0.1, -0.05) is 23.7 Å². The second-order valence-electron chi connectivity index (χ2n) is 6.57. The van der Waals surface area contributed by atoms with E-state index in [9.17, 15) is 14.4 Å². The molecule has 0 saturated heterocycles. The number of nitrogens with one attached hydrogen (secondary N) is 3. The highest BCUT2D eigenvalue weighted by atomic mass is 35.5. The lowest BCUT2D eigenvalue weighted by Crippen LogP contribution is -2.46. The summed E-state index contributed by atoms with van der Waals surface area (Å²) < 4.78 is 11.0. The van der Waals surface area contributed by atoms with E-state index in [0.717, 1.165) is 5.56 Å². The summed E-state index contributed by atoms with van der Waals surface area (Å²) in [5.41, 5.74) is 5.81. The first-order valence-electron chi connectivity index (χ1n) is 9.87. The Bertz CT molecular complexity index is 920. The van der Waals surface area contributed by atoms with Crippen LogP contribution in [-0.4, -0.2) is 37.5 Å². The molecule has 0 aliphatic rings. The Kier molecular flexibility index (Phi) is 9.64. The number of para-hydroxylation sites is 1. The molecule has 9 heteroatoms. The van der Waals surface area contributed by atoms with Crippen molar-refractivity contribution in [2.24, 2.45) is 0 Å². The first-order valence-corrected chi connectivity index (χ1v) is 10.2. The van der Waals surface area contributed by atoms with Gasteiger partial charge in [-0.3, -0.25) is 25.2 Å². The lowest BCUT2D eigenvalue weighted by Gasteiger charge is -2.11. The molecule has 3 N–H and O–H groups in total. The third-order valence-electron chi connectivity index (χ3n) is 4.13. The predicted octanol–water partition coefficient (Wildman–Crippen LogP) is 2.78. The van der Waals surface area contributed by atoms with E-state index >= 15 is 0 Å². The zero-order valence-electron chi connectivity index (χ0n) is 17.5. The number of amides is 3. The van der Waals surface area contributed by atoms with Gasteiger partial charge in [0.15, 0.2) is 0 Å². The van der Waals surface area contributed by atoms with Gasteiger partial charge in [0.05, 0.1) is 25.3 Å². The third-order valence-corrected chi connectivity index (χ3v) is 4.36. The van der Waals surface area contributed by atoms with Crippen LogP contribution in [0.5, 0.6) is 11.5 Å². The van der Waals surface area contributed by atoms with Crippen molar-refractivity contribution in [1.82, 2.24) is 16.2 Å². The van der Waals surface area contributed by atoms with Crippen molar-refractivity contribution in [3.63, 3.8) is 0 Å². The Morgan fingerprint density at radius 3 is 2.45 bits per heavy atom. The monoisotopic (exact) mass is 447 g/mol. The highest BCUT2D eigenvalue weighted by Gasteiger charge is 2.13. The summed E-state index contributed by atoms with van der Waals surface area (Å²) in [6, 6.07) is 12.1. The zero-order chi connectivity index (χ0) is 22.6. The highest BCUT2D eigenvalue weighted by Crippen LogP contribution is 2.22. The number of hydrogen-bond donors (Lipinski definition) is 3. The Balaban J connectivity index is 1.64. The quantitative estimate of drug-likeness (QED) is 0.383. The average Bonchev–Trinajstić information content (AvgIpc) is 2.75. The van der Waals surface area contributed by atoms with E-state index < -0.39 is 11.8 Å². The van der Waals surface area contributed by atoms with Crippen LogP contribution >= 0.6 is 11.6 Å². The van der Waals surface area contributed by atoms with Crippen LogP contribution in [0.25, 0.3) is 0 Å². The van der Waals surface area contributed by atoms with Gasteiger partial charge in [0.2, 0.25) is 5.91 Å². The number of halogens is 1. The fourth-order valence-electron chi connectivity index (χ4n) is 2.63. The summed E-state index contributed by atoms with van der Waals surface area (Å²) in [5.74, 6) is -0.214. The number of hydrazine groups is 1. The van der Waals surface area contributed by atoms with Crippen molar-refractivity contribution in [1.29, 1.82) is 0 Å². The van der Waals surface area contributed by atoms with Crippen molar-refractivity contribution in [3.05, 3.63) is 58.6 Å². The molecule has 0 fully saturated rings. The molecule has 0 spiro atoms. The Hall–Kier alpha value is -3.26. The molecule has 2 aromatic rings. The fourth-order valence-corrected chi connectivity index (χ4v) is 2.85. The molecule has 0 bridgehead atoms. The van der Waals surface area contributed by atoms with E-state index in [-0.39, 0.29) is 18.9 Å². The topological polar surface area (TPSA) is 106 Å². The van der Waals surface area contributed by atoms with Gasteiger partial charge in [-0.05, 0) is 56.2 Å². The van der Waals surface area contributed by atoms with Gasteiger partial charge in [0, 0.05) is 11.4 Å². The molecule has 0 radical (unpaired) electrons. The minimum Gasteiger partial charge on any atom is -0.493 e. The molecule has 8 nitrogen and oxygen atoms in total. The second-order valence-corrected chi connectivity index (χ2v) is 7.01. The van der Waals surface area contributed by atoms with Gasteiger partial charge in [0.25, 0.3) is 11.8 Å². The van der Waals surface area contributed by atoms with Gasteiger partial charge in [-0.2, -0.15) is 0 Å². The molecule has 31 heavy (non-hydrogen) atoms. The number of ether oxygens (including phenoxy) is 2. The minimum absolute atomic E-state index is 0.168. The number of aryl methyl sites for hydroxylation is 1. The molecular formula is C22H26ClN3O5. The van der Waals surface area contributed by atoms with Gasteiger partial charge in [-0.25, -0.2) is 0 Å². The molecule has 2 rings (SSSR count). The van der Waals surface area contributed by atoms with Crippen LogP contribution in [-0.2, 0) is 9.59 Å². The Labute approximate surface area is 186 Å². The largest absolute Gasteiger partial charge is 0.493 e. The third kappa shape index (κ3) is 8.18. The first-order chi connectivity index (χ1) is 14.9. The van der Waals surface area contributed by atoms with Crippen molar-refractivity contribution >= 4 is 29.3 Å². The van der Waals surface area contributed by atoms with Crippen LogP contribution in [0.15, 0.2) is 42.5 Å². The number of benzene rings is 2. The van der Waals surface area contributed by atoms with E-state index in [1.54, 1.807) is 42.5 Å². The zero-order valence-corrected chi connectivity index (χ0v) is 18.3. The summed E-state index contributed by atoms with van der Waals surface area (Å²) in [6.45, 7) is 4.17. The van der Waals surface area contributed by atoms with E-state index in [1.165, 1.54) is 0 Å². The van der Waals surface area contributed by atoms with Crippen molar-refractivity contribution < 1.29 is 23.9 Å². The number of rotatable bonds is 10. The van der Waals surface area contributed by atoms with Crippen LogP contribution in [0.1, 0.15) is 35.7 Å². The van der Waals surface area contributed by atoms with E-state index in [2.05, 4.69) is 16.2 Å². The maximum atomic E-state index is 12.2. The molecular weight excluding hydrogens is 422 g/mol. The number of hydrogen-bond acceptors (Lipinski definition) is 5. The van der Waals surface area contributed by atoms with Gasteiger partial charge >= 0.3 is 0 Å². The lowest BCUT2D eigenvalue weighted by atomic mass is 10.2. The van der Waals surface area contributed by atoms with Gasteiger partial charge < -0.3 is 14.8 Å². The molecule has 0 aliphatic heterocycles. The van der Waals surface area contributed by atoms with Gasteiger partial charge in [-0.15, -0.1) is 0 Å². The van der Waals surface area contributed by atoms with E-state index in [4.69, 9.17) is 21.1 Å². The molecule has 0 aliphatic carbocycles. The van der Waals surface area contributed by atoms with E-state index in [1.807, 2.05) is 13.8 Å². The molecule has 0 aromatic heterocycles. The maximum absolute atomic E-state index is 12.2. The molecule has 0 heterocycles. The molecule has 0 unspecified atom stereocenters. The summed E-state index contributed by atoms with van der Waals surface area (Å²) in [7, 11) is 0. The van der Waals surface area contributed by atoms with Crippen LogP contribution in [0.2, 0.25) is 5.02 Å². The summed E-state index contributed by atoms with van der Waals surface area (Å²) >= 11 is 5.90. The van der Waals surface area contributed by atoms with Crippen LogP contribution in [0.4, 0.5) is 0 Å². The maximum Gasteiger partial charge on any atom is 0.257 e. The van der Waals surface area contributed by atoms with Crippen LogP contribution in [0.3, 0.4) is 0 Å². The summed E-state index contributed by atoms with van der Waals surface area (Å²) in [6.07, 6.45) is 0.635. The molecule has 0 saturated carbocycles. The van der Waals surface area contributed by atoms with Crippen LogP contribution < -0.4 is 25.6 Å². The normalized spacial score (nSPS) is 10.2. The lowest BCUT2D eigenvalue weighted by molar-refractivity contribution is -0.128. The predicted molar refractivity (Wildman–Crippen MR) is 117 cm³/mol. The Morgan fingerprint density at radius 2 is 1.71 bits per heavy atom. The van der Waals surface area contributed by atoms with Crippen molar-refractivity contribution in [3.8, 4) is 11.5 Å². The van der Waals surface area contributed by atoms with Crippen molar-refractivity contribution in [2.45, 2.75) is 26.7 Å². The smallest absolute Gasteiger partial charge is 0.257 e. The first kappa shape index (κ1) is 24.0. The number of carbonyl (C=O) groups is 3. The van der Waals surface area contributed by atoms with Crippen LogP contribution in [0, 0.1) is 6.92 Å². The molecule has 166 valence electrons. The SMILES string of the molecule is CCOc1ccccc1C(=O)NCC(=O)NNC(=O)CCCOc1ccc(Cl)cc1C. The minimum atomic E-state index is -0.552.